The molecular weight excluding hydrogens is 340 g/mol. The highest BCUT2D eigenvalue weighted by molar-refractivity contribution is 5.76. The standard InChI is InChI=1S/C17H16N4O5/c22-17-18(11-13-1-5-15(6-2-13)20(23)24)9-10-19(17)12-14-3-7-16(8-4-14)21(25)26/h1-8H,9-12H2. The number of hydrogen-bond acceptors (Lipinski definition) is 5. The Bertz CT molecular complexity index is 766. The molecule has 26 heavy (non-hydrogen) atoms. The van der Waals surface area contributed by atoms with Gasteiger partial charge in [-0.2, -0.15) is 0 Å². The lowest BCUT2D eigenvalue weighted by Crippen LogP contribution is -2.31. The van der Waals surface area contributed by atoms with Gasteiger partial charge in [0.2, 0.25) is 0 Å². The molecule has 0 saturated carbocycles. The van der Waals surface area contributed by atoms with Gasteiger partial charge in [0.25, 0.3) is 11.4 Å². The number of amides is 2. The Kier molecular flexibility index (Phi) is 4.78. The fraction of sp³-hybridized carbons (Fsp3) is 0.235. The van der Waals surface area contributed by atoms with Crippen molar-refractivity contribution in [2.24, 2.45) is 0 Å². The number of benzene rings is 2. The molecule has 2 amide bonds. The first-order valence-electron chi connectivity index (χ1n) is 7.94. The van der Waals surface area contributed by atoms with Crippen LogP contribution in [0.25, 0.3) is 0 Å². The molecule has 2 aromatic carbocycles. The lowest BCUT2D eigenvalue weighted by molar-refractivity contribution is -0.385. The first kappa shape index (κ1) is 17.3. The number of urea groups is 1. The Morgan fingerprint density at radius 2 is 1.08 bits per heavy atom. The van der Waals surface area contributed by atoms with Crippen LogP contribution >= 0.6 is 0 Å². The molecule has 2 aromatic rings. The summed E-state index contributed by atoms with van der Waals surface area (Å²) < 4.78 is 0. The van der Waals surface area contributed by atoms with Crippen LogP contribution in [0.4, 0.5) is 16.2 Å². The fourth-order valence-electron chi connectivity index (χ4n) is 2.81. The minimum atomic E-state index is -0.462. The van der Waals surface area contributed by atoms with Crippen LogP contribution in [0.5, 0.6) is 0 Å². The monoisotopic (exact) mass is 356 g/mol. The van der Waals surface area contributed by atoms with Gasteiger partial charge in [-0.3, -0.25) is 20.2 Å². The van der Waals surface area contributed by atoms with Crippen LogP contribution in [0.2, 0.25) is 0 Å². The molecule has 1 heterocycles. The van der Waals surface area contributed by atoms with E-state index < -0.39 is 9.85 Å². The van der Waals surface area contributed by atoms with Crippen molar-refractivity contribution >= 4 is 17.4 Å². The topological polar surface area (TPSA) is 110 Å². The molecule has 9 heteroatoms. The smallest absolute Gasteiger partial charge is 0.319 e. The van der Waals surface area contributed by atoms with E-state index in [0.717, 1.165) is 11.1 Å². The van der Waals surface area contributed by atoms with E-state index in [1.807, 2.05) is 0 Å². The second-order valence-electron chi connectivity index (χ2n) is 5.97. The van der Waals surface area contributed by atoms with Gasteiger partial charge in [0.15, 0.2) is 0 Å². The highest BCUT2D eigenvalue weighted by atomic mass is 16.6. The van der Waals surface area contributed by atoms with Gasteiger partial charge in [-0.25, -0.2) is 4.79 Å². The van der Waals surface area contributed by atoms with Crippen LogP contribution in [0, 0.1) is 20.2 Å². The van der Waals surface area contributed by atoms with Crippen molar-refractivity contribution in [1.29, 1.82) is 0 Å². The summed E-state index contributed by atoms with van der Waals surface area (Å²) in [6, 6.07) is 12.1. The zero-order valence-electron chi connectivity index (χ0n) is 13.8. The van der Waals surface area contributed by atoms with E-state index in [2.05, 4.69) is 0 Å². The van der Waals surface area contributed by atoms with Crippen molar-refractivity contribution in [1.82, 2.24) is 9.80 Å². The number of nitro groups is 2. The van der Waals surface area contributed by atoms with E-state index >= 15 is 0 Å². The third-order valence-corrected chi connectivity index (χ3v) is 4.22. The lowest BCUT2D eigenvalue weighted by atomic mass is 10.2. The van der Waals surface area contributed by atoms with Gasteiger partial charge >= 0.3 is 6.03 Å². The Hall–Kier alpha value is -3.49. The zero-order valence-corrected chi connectivity index (χ0v) is 13.8. The van der Waals surface area contributed by atoms with Gasteiger partial charge in [-0.15, -0.1) is 0 Å². The third-order valence-electron chi connectivity index (χ3n) is 4.22. The van der Waals surface area contributed by atoms with Crippen molar-refractivity contribution in [3.8, 4) is 0 Å². The van der Waals surface area contributed by atoms with Crippen LogP contribution in [0.15, 0.2) is 48.5 Å². The highest BCUT2D eigenvalue weighted by Crippen LogP contribution is 2.19. The highest BCUT2D eigenvalue weighted by Gasteiger charge is 2.28. The van der Waals surface area contributed by atoms with E-state index in [4.69, 9.17) is 0 Å². The normalized spacial score (nSPS) is 13.9. The zero-order chi connectivity index (χ0) is 18.7. The van der Waals surface area contributed by atoms with E-state index in [9.17, 15) is 25.0 Å². The number of hydrogen-bond donors (Lipinski definition) is 0. The first-order valence-corrected chi connectivity index (χ1v) is 7.94. The van der Waals surface area contributed by atoms with Crippen LogP contribution in [-0.2, 0) is 13.1 Å². The van der Waals surface area contributed by atoms with E-state index in [-0.39, 0.29) is 17.4 Å². The molecule has 3 rings (SSSR count). The van der Waals surface area contributed by atoms with Gasteiger partial charge in [0.05, 0.1) is 9.85 Å². The first-order chi connectivity index (χ1) is 12.4. The average molecular weight is 356 g/mol. The van der Waals surface area contributed by atoms with Gasteiger partial charge < -0.3 is 9.80 Å². The molecule has 0 aromatic heterocycles. The van der Waals surface area contributed by atoms with Crippen molar-refractivity contribution in [3.05, 3.63) is 79.9 Å². The summed E-state index contributed by atoms with van der Waals surface area (Å²) in [5, 5.41) is 21.4. The van der Waals surface area contributed by atoms with E-state index in [1.54, 1.807) is 34.1 Å². The number of nitrogens with zero attached hydrogens (tertiary/aromatic N) is 4. The van der Waals surface area contributed by atoms with Gasteiger partial charge in [-0.1, -0.05) is 24.3 Å². The predicted octanol–water partition coefficient (Wildman–Crippen LogP) is 2.94. The van der Waals surface area contributed by atoms with E-state index in [1.165, 1.54) is 24.3 Å². The molecule has 9 nitrogen and oxygen atoms in total. The third kappa shape index (κ3) is 3.77. The molecule has 1 aliphatic rings. The summed E-state index contributed by atoms with van der Waals surface area (Å²) in [5.41, 5.74) is 1.67. The van der Waals surface area contributed by atoms with Crippen LogP contribution in [0.1, 0.15) is 11.1 Å². The molecule has 0 aliphatic carbocycles. The molecule has 1 fully saturated rings. The summed E-state index contributed by atoms with van der Waals surface area (Å²) in [7, 11) is 0. The second kappa shape index (κ2) is 7.18. The van der Waals surface area contributed by atoms with Crippen LogP contribution in [-0.4, -0.2) is 38.8 Å². The van der Waals surface area contributed by atoms with Gasteiger partial charge in [0.1, 0.15) is 0 Å². The molecule has 0 spiro atoms. The van der Waals surface area contributed by atoms with Gasteiger partial charge in [0, 0.05) is 50.4 Å². The maximum Gasteiger partial charge on any atom is 0.320 e. The maximum absolute atomic E-state index is 12.5. The Balaban J connectivity index is 1.60. The average Bonchev–Trinajstić information content (AvgIpc) is 2.96. The SMILES string of the molecule is O=C1N(Cc2ccc([N+](=O)[O-])cc2)CCN1Cc1ccc([N+](=O)[O-])cc1. The number of non-ortho nitro benzene ring substituents is 2. The van der Waals surface area contributed by atoms with E-state index in [0.29, 0.717) is 26.2 Å². The number of carbonyl (C=O) groups is 1. The largest absolute Gasteiger partial charge is 0.320 e. The number of nitro benzene ring substituents is 2. The summed E-state index contributed by atoms with van der Waals surface area (Å²) in [6.45, 7) is 1.88. The molecular formula is C17H16N4O5. The predicted molar refractivity (Wildman–Crippen MR) is 92.4 cm³/mol. The Labute approximate surface area is 148 Å². The molecule has 1 aliphatic heterocycles. The molecule has 0 bridgehead atoms. The second-order valence-corrected chi connectivity index (χ2v) is 5.97. The minimum absolute atomic E-state index is 0.0151. The van der Waals surface area contributed by atoms with Crippen molar-refractivity contribution in [3.63, 3.8) is 0 Å². The Morgan fingerprint density at radius 1 is 0.731 bits per heavy atom. The summed E-state index contributed by atoms with van der Waals surface area (Å²) in [5.74, 6) is 0. The Morgan fingerprint density at radius 3 is 1.38 bits per heavy atom. The van der Waals surface area contributed by atoms with Gasteiger partial charge in [-0.05, 0) is 11.1 Å². The minimum Gasteiger partial charge on any atom is -0.319 e. The number of rotatable bonds is 6. The van der Waals surface area contributed by atoms with Crippen molar-refractivity contribution in [2.75, 3.05) is 13.1 Å². The number of carbonyl (C=O) groups excluding carboxylic acids is 1. The fourth-order valence-corrected chi connectivity index (χ4v) is 2.81. The lowest BCUT2D eigenvalue weighted by Gasteiger charge is -2.18. The van der Waals surface area contributed by atoms with Crippen molar-refractivity contribution < 1.29 is 14.6 Å². The summed E-state index contributed by atoms with van der Waals surface area (Å²) in [4.78, 5) is 36.3. The van der Waals surface area contributed by atoms with Crippen molar-refractivity contribution in [2.45, 2.75) is 13.1 Å². The quantitative estimate of drug-likeness (QED) is 0.584. The van der Waals surface area contributed by atoms with Crippen LogP contribution < -0.4 is 0 Å². The summed E-state index contributed by atoms with van der Waals surface area (Å²) >= 11 is 0. The molecule has 134 valence electrons. The molecule has 0 N–H and O–H groups in total. The molecule has 0 radical (unpaired) electrons. The summed E-state index contributed by atoms with van der Waals surface area (Å²) in [6.07, 6.45) is 0. The molecule has 0 unspecified atom stereocenters. The molecule has 1 saturated heterocycles. The maximum atomic E-state index is 12.5. The van der Waals surface area contributed by atoms with Crippen LogP contribution in [0.3, 0.4) is 0 Å². The molecule has 0 atom stereocenters.